The molecule has 0 aliphatic rings. The molecule has 0 aromatic heterocycles. The van der Waals surface area contributed by atoms with Crippen LogP contribution >= 0.6 is 78.9 Å². The van der Waals surface area contributed by atoms with Crippen LogP contribution in [0.5, 0.6) is 0 Å². The molecule has 0 rings (SSSR count). The van der Waals surface area contributed by atoms with Crippen LogP contribution in [-0.2, 0) is 35.0 Å². The minimum Gasteiger partial charge on any atom is -0.411 e. The first-order valence-corrected chi connectivity index (χ1v) is 22.5. The van der Waals surface area contributed by atoms with Gasteiger partial charge in [-0.05, 0) is 13.8 Å². The molecule has 0 aromatic rings. The molecule has 0 aliphatic heterocycles. The molecule has 14 heteroatoms. The Bertz CT molecular complexity index is 525. The summed E-state index contributed by atoms with van der Waals surface area (Å²) in [6, 6.07) is 0. The van der Waals surface area contributed by atoms with Crippen molar-refractivity contribution in [2.24, 2.45) is 0 Å². The van der Waals surface area contributed by atoms with E-state index in [1.54, 1.807) is 0 Å². The number of rotatable bonds is 11. The van der Waals surface area contributed by atoms with Gasteiger partial charge in [-0.25, -0.2) is 0 Å². The van der Waals surface area contributed by atoms with Crippen molar-refractivity contribution < 1.29 is 22.4 Å². The molecule has 0 atom stereocenters. The third-order valence-electron chi connectivity index (χ3n) is 4.54. The Labute approximate surface area is 266 Å². The molecule has 4 nitrogen and oxygen atoms in total. The molecule has 0 aromatic carbocycles. The first-order chi connectivity index (χ1) is 15.6. The van der Waals surface area contributed by atoms with Gasteiger partial charge in [0.1, 0.15) is 0 Å². The van der Waals surface area contributed by atoms with Crippen LogP contribution in [0.1, 0.15) is 55.4 Å². The van der Waals surface area contributed by atoms with Crippen molar-refractivity contribution in [3.8, 4) is 0 Å². The summed E-state index contributed by atoms with van der Waals surface area (Å²) in [6.07, 6.45) is 0. The maximum Gasteiger partial charge on any atom is 1.00 e. The van der Waals surface area contributed by atoms with Crippen LogP contribution in [0.4, 0.5) is 0 Å². The minimum absolute atomic E-state index is 0. The largest absolute Gasteiger partial charge is 1.00 e. The maximum absolute atomic E-state index is 5.69. The van der Waals surface area contributed by atoms with E-state index in [2.05, 4.69) is 56.2 Å². The number of hydrogen-bond acceptors (Lipinski definition) is 8. The zero-order valence-corrected chi connectivity index (χ0v) is 31.4. The molecule has 34 heavy (non-hydrogen) atoms. The fourth-order valence-corrected chi connectivity index (χ4v) is 26.8. The maximum atomic E-state index is 5.69. The van der Waals surface area contributed by atoms with E-state index in [0.29, 0.717) is 4.32 Å². The summed E-state index contributed by atoms with van der Waals surface area (Å²) in [6.45, 7) is 24.5. The molecule has 0 saturated heterocycles. The molecule has 0 aliphatic carbocycles. The molecule has 0 unspecified atom stereocenters. The Kier molecular flexibility index (Phi) is 30.4. The van der Waals surface area contributed by atoms with Gasteiger partial charge in [-0.3, -0.25) is 0 Å². The quantitative estimate of drug-likeness (QED) is 0.135. The summed E-state index contributed by atoms with van der Waals surface area (Å²) in [4.78, 5) is 8.68. The van der Waals surface area contributed by atoms with Gasteiger partial charge in [0, 0.05) is 13.1 Å². The average Bonchev–Trinajstić information content (AvgIpc) is 2.77. The van der Waals surface area contributed by atoms with Gasteiger partial charge in [0.15, 0.2) is 0 Å². The average molecular weight is 776 g/mol. The van der Waals surface area contributed by atoms with Gasteiger partial charge in [0.2, 0.25) is 0 Å². The normalized spacial score (nSPS) is 9.91. The van der Waals surface area contributed by atoms with Gasteiger partial charge < -0.3 is 29.7 Å². The fourth-order valence-electron chi connectivity index (χ4n) is 2.35. The molecule has 0 amide bonds. The van der Waals surface area contributed by atoms with Crippen molar-refractivity contribution in [2.45, 2.75) is 55.4 Å². The zero-order chi connectivity index (χ0) is 26.0. The predicted octanol–water partition coefficient (Wildman–Crippen LogP) is 6.21. The molecule has 0 radical (unpaired) electrons. The molecular weight excluding hydrogens is 736 g/mol. The van der Waals surface area contributed by atoms with Crippen molar-refractivity contribution in [3.05, 3.63) is 0 Å². The van der Waals surface area contributed by atoms with Gasteiger partial charge in [0.25, 0.3) is 0 Å². The third-order valence-corrected chi connectivity index (χ3v) is 23.7. The first-order valence-electron chi connectivity index (χ1n) is 11.3. The Morgan fingerprint density at radius 2 is 0.735 bits per heavy atom. The van der Waals surface area contributed by atoms with Crippen LogP contribution in [0.2, 0.25) is 0 Å². The van der Waals surface area contributed by atoms with Crippen LogP contribution in [0.15, 0.2) is 0 Å². The van der Waals surface area contributed by atoms with E-state index in [-0.39, 0.29) is 22.4 Å². The molecule has 0 bridgehead atoms. The molecule has 204 valence electrons. The van der Waals surface area contributed by atoms with Crippen LogP contribution in [0.3, 0.4) is 0 Å². The van der Waals surface area contributed by atoms with Gasteiger partial charge in [0.05, 0.1) is 0 Å². The van der Waals surface area contributed by atoms with Crippen molar-refractivity contribution >= 4 is 120 Å². The van der Waals surface area contributed by atoms with E-state index < -0.39 is 11.2 Å². The first kappa shape index (κ1) is 40.6. The molecule has 0 saturated carbocycles. The Hall–Kier alpha value is 2.13. The van der Waals surface area contributed by atoms with Crippen molar-refractivity contribution in [1.29, 1.82) is 0 Å². The zero-order valence-electron chi connectivity index (χ0n) is 21.5. The van der Waals surface area contributed by atoms with E-state index in [4.69, 9.17) is 61.5 Å². The smallest absolute Gasteiger partial charge is 0.411 e. The van der Waals surface area contributed by atoms with Crippen LogP contribution < -0.4 is 0 Å². The second kappa shape index (κ2) is 25.4. The van der Waals surface area contributed by atoms with Crippen LogP contribution in [0.25, 0.3) is 0 Å². The number of hydrogen-bond donors (Lipinski definition) is 0. The summed E-state index contributed by atoms with van der Waals surface area (Å²) in [5, 5.41) is 0. The summed E-state index contributed by atoms with van der Waals surface area (Å²) < 4.78 is 3.52. The van der Waals surface area contributed by atoms with Gasteiger partial charge >= 0.3 is 209 Å². The summed E-state index contributed by atoms with van der Waals surface area (Å²) in [5.74, 6) is 0. The minimum atomic E-state index is -1.54. The number of nitrogens with zero attached hydrogens (tertiary/aromatic N) is 4. The van der Waals surface area contributed by atoms with E-state index in [1.165, 1.54) is 0 Å². The van der Waals surface area contributed by atoms with E-state index in [1.807, 2.05) is 48.8 Å². The van der Waals surface area contributed by atoms with Crippen molar-refractivity contribution in [1.82, 2.24) is 19.6 Å². The molecular formula is C20H40AgAsN4S8. The van der Waals surface area contributed by atoms with Gasteiger partial charge in [-0.1, -0.05) is 4.32 Å². The van der Waals surface area contributed by atoms with E-state index in [9.17, 15) is 0 Å². The van der Waals surface area contributed by atoms with Gasteiger partial charge in [-0.2, -0.15) is 0 Å². The van der Waals surface area contributed by atoms with Crippen LogP contribution in [0, 0.1) is 0 Å². The monoisotopic (exact) mass is 774 g/mol. The fraction of sp³-hybridized carbons (Fsp3) is 0.800. The Morgan fingerprint density at radius 1 is 0.529 bits per heavy atom. The molecule has 0 fully saturated rings. The van der Waals surface area contributed by atoms with E-state index >= 15 is 0 Å². The standard InChI is InChI=1S/C15H30AsN3S6.C5H11NS2.Ag/c1-7-17(8-2)13(20)23-16(24-14(21)18(9-3)10-4)25-15(22)19(11-5)12-6;1-3-6(4-2)5(7)8;/h7-12H2,1-6H3;3-4H2,1-2H3,(H,7,8);/q;;+1/p-1. The van der Waals surface area contributed by atoms with Gasteiger partial charge in [-0.15, -0.1) is 0 Å². The predicted molar refractivity (Wildman–Crippen MR) is 178 cm³/mol. The topological polar surface area (TPSA) is 13.0 Å². The Balaban J connectivity index is -0.000000910. The second-order valence-corrected chi connectivity index (χ2v) is 24.6. The summed E-state index contributed by atoms with van der Waals surface area (Å²) in [5.41, 5.74) is 0. The third kappa shape index (κ3) is 17.6. The van der Waals surface area contributed by atoms with Crippen molar-refractivity contribution in [2.75, 3.05) is 52.4 Å². The second-order valence-electron chi connectivity index (χ2n) is 6.25. The molecule has 0 spiro atoms. The summed E-state index contributed by atoms with van der Waals surface area (Å²) in [7, 11) is 5.51. The summed E-state index contributed by atoms with van der Waals surface area (Å²) >= 11 is 25.0. The number of thiocarbonyl (C=S) groups is 4. The molecule has 0 heterocycles. The Morgan fingerprint density at radius 3 is 0.853 bits per heavy atom. The SMILES string of the molecule is CCN(CC)C(=S)S[As](SC(=S)N(CC)CC)SC(=S)N(CC)CC.CCN(CC)C(=S)[S-].[Ag+]. The van der Waals surface area contributed by atoms with Crippen LogP contribution in [-0.4, -0.2) is 100 Å². The van der Waals surface area contributed by atoms with Crippen molar-refractivity contribution in [3.63, 3.8) is 0 Å². The van der Waals surface area contributed by atoms with E-state index in [0.717, 1.165) is 65.3 Å². The molecule has 0 N–H and O–H groups in total.